The Balaban J connectivity index is 0.00000119. The Bertz CT molecular complexity index is 1330. The number of aromatic amines is 2. The fourth-order valence-electron chi connectivity index (χ4n) is 3.95. The van der Waals surface area contributed by atoms with Gasteiger partial charge in [0.25, 0.3) is 0 Å². The van der Waals surface area contributed by atoms with Crippen LogP contribution in [0.15, 0.2) is 60.8 Å². The minimum atomic E-state index is -0.202. The number of hydrogen-bond donors (Lipinski definition) is 2. The Labute approximate surface area is 187 Å². The molecule has 3 aromatic heterocycles. The smallest absolute Gasteiger partial charge is 0.178 e. The Morgan fingerprint density at radius 1 is 0.906 bits per heavy atom. The van der Waals surface area contributed by atoms with Crippen molar-refractivity contribution in [2.75, 3.05) is 7.05 Å². The van der Waals surface area contributed by atoms with E-state index >= 15 is 0 Å². The molecule has 5 nitrogen and oxygen atoms in total. The number of aryl methyl sites for hydroxylation is 1. The van der Waals surface area contributed by atoms with Gasteiger partial charge in [-0.25, -0.2) is 14.4 Å². The molecule has 0 atom stereocenters. The number of pyridine rings is 1. The summed E-state index contributed by atoms with van der Waals surface area (Å²) in [5.74, 6) is 0.652. The molecule has 0 unspecified atom stereocenters. The van der Waals surface area contributed by atoms with Crippen LogP contribution in [0.3, 0.4) is 0 Å². The van der Waals surface area contributed by atoms with E-state index < -0.39 is 0 Å². The van der Waals surface area contributed by atoms with Gasteiger partial charge in [-0.15, -0.1) is 0 Å². The molecule has 0 radical (unpaired) electrons. The van der Waals surface area contributed by atoms with E-state index in [1.807, 2.05) is 39.0 Å². The number of nitrogens with one attached hydrogen (secondary N) is 2. The van der Waals surface area contributed by atoms with Gasteiger partial charge in [0.05, 0.1) is 5.52 Å². The normalized spacial score (nSPS) is 11.2. The molecule has 0 aliphatic heterocycles. The summed E-state index contributed by atoms with van der Waals surface area (Å²) in [6.45, 7) is 7.52. The van der Waals surface area contributed by atoms with Crippen LogP contribution in [0, 0.1) is 12.7 Å². The first kappa shape index (κ1) is 21.7. The molecule has 0 saturated heterocycles. The van der Waals surface area contributed by atoms with Crippen LogP contribution in [-0.2, 0) is 13.1 Å². The van der Waals surface area contributed by atoms with E-state index in [0.29, 0.717) is 0 Å². The van der Waals surface area contributed by atoms with Crippen molar-refractivity contribution in [3.63, 3.8) is 0 Å². The summed E-state index contributed by atoms with van der Waals surface area (Å²) in [5, 5.41) is 1.17. The highest BCUT2D eigenvalue weighted by molar-refractivity contribution is 5.94. The van der Waals surface area contributed by atoms with Gasteiger partial charge in [-0.1, -0.05) is 32.0 Å². The summed E-state index contributed by atoms with van der Waals surface area (Å²) in [6, 6.07) is 17.3. The molecule has 6 heteroatoms. The Morgan fingerprint density at radius 2 is 1.62 bits per heavy atom. The molecular formula is C26H28FN5. The Hall–Kier alpha value is -3.51. The summed E-state index contributed by atoms with van der Waals surface area (Å²) < 4.78 is 13.1. The maximum atomic E-state index is 13.1. The summed E-state index contributed by atoms with van der Waals surface area (Å²) in [6.07, 6.45) is 1.79. The van der Waals surface area contributed by atoms with Crippen LogP contribution in [0.2, 0.25) is 0 Å². The number of fused-ring (bicyclic) bond motifs is 2. The van der Waals surface area contributed by atoms with Crippen LogP contribution in [0.4, 0.5) is 4.39 Å². The molecule has 0 fully saturated rings. The van der Waals surface area contributed by atoms with Crippen molar-refractivity contribution in [3.8, 4) is 11.3 Å². The van der Waals surface area contributed by atoms with Crippen molar-refractivity contribution in [1.82, 2.24) is 24.8 Å². The number of nitrogens with zero attached hydrogens (tertiary/aromatic N) is 3. The molecule has 2 aromatic carbocycles. The summed E-state index contributed by atoms with van der Waals surface area (Å²) >= 11 is 0. The molecule has 0 amide bonds. The molecule has 3 heterocycles. The number of aromatic nitrogens is 4. The highest BCUT2D eigenvalue weighted by Gasteiger charge is 2.11. The average molecular weight is 430 g/mol. The van der Waals surface area contributed by atoms with Gasteiger partial charge < -0.3 is 9.97 Å². The maximum Gasteiger partial charge on any atom is 0.178 e. The highest BCUT2D eigenvalue weighted by atomic mass is 19.1. The van der Waals surface area contributed by atoms with Gasteiger partial charge in [0.1, 0.15) is 11.6 Å². The molecule has 0 spiro atoms. The second-order valence-electron chi connectivity index (χ2n) is 7.78. The molecule has 164 valence electrons. The third-order valence-corrected chi connectivity index (χ3v) is 5.30. The minimum absolute atomic E-state index is 0.202. The zero-order valence-electron chi connectivity index (χ0n) is 18.9. The zero-order valence-corrected chi connectivity index (χ0v) is 18.9. The third kappa shape index (κ3) is 4.55. The van der Waals surface area contributed by atoms with Crippen LogP contribution >= 0.6 is 0 Å². The SMILES string of the molecule is CC.Cc1nc2nccc(-c3cc4cc(CN(C)Cc5ccc(F)cc5)ccc4[nH]3)c2[nH]1. The first-order valence-corrected chi connectivity index (χ1v) is 10.9. The van der Waals surface area contributed by atoms with Gasteiger partial charge in [-0.3, -0.25) is 4.90 Å². The zero-order chi connectivity index (χ0) is 22.7. The molecular weight excluding hydrogens is 401 g/mol. The molecule has 32 heavy (non-hydrogen) atoms. The summed E-state index contributed by atoms with van der Waals surface area (Å²) in [4.78, 5) is 17.8. The van der Waals surface area contributed by atoms with E-state index in [-0.39, 0.29) is 5.82 Å². The third-order valence-electron chi connectivity index (χ3n) is 5.30. The lowest BCUT2D eigenvalue weighted by molar-refractivity contribution is 0.319. The summed E-state index contributed by atoms with van der Waals surface area (Å²) in [5.41, 5.74) is 7.20. The molecule has 5 rings (SSSR count). The van der Waals surface area contributed by atoms with Crippen molar-refractivity contribution in [3.05, 3.63) is 83.6 Å². The topological polar surface area (TPSA) is 60.6 Å². The van der Waals surface area contributed by atoms with Gasteiger partial charge in [0.2, 0.25) is 0 Å². The van der Waals surface area contributed by atoms with E-state index in [9.17, 15) is 4.39 Å². The van der Waals surface area contributed by atoms with Crippen LogP contribution in [0.5, 0.6) is 0 Å². The van der Waals surface area contributed by atoms with E-state index in [1.165, 1.54) is 23.1 Å². The van der Waals surface area contributed by atoms with Crippen LogP contribution in [-0.4, -0.2) is 31.9 Å². The minimum Gasteiger partial charge on any atom is -0.354 e. The fourth-order valence-corrected chi connectivity index (χ4v) is 3.95. The lowest BCUT2D eigenvalue weighted by Crippen LogP contribution is -2.17. The first-order chi connectivity index (χ1) is 15.5. The van der Waals surface area contributed by atoms with E-state index in [2.05, 4.69) is 56.1 Å². The monoisotopic (exact) mass is 429 g/mol. The second kappa shape index (κ2) is 9.32. The number of rotatable bonds is 5. The number of benzene rings is 2. The molecule has 0 bridgehead atoms. The number of halogens is 1. The van der Waals surface area contributed by atoms with E-state index in [0.717, 1.165) is 52.4 Å². The number of hydrogen-bond acceptors (Lipinski definition) is 3. The molecule has 0 aliphatic rings. The second-order valence-corrected chi connectivity index (χ2v) is 7.78. The van der Waals surface area contributed by atoms with Crippen molar-refractivity contribution in [2.24, 2.45) is 0 Å². The maximum absolute atomic E-state index is 13.1. The van der Waals surface area contributed by atoms with Gasteiger partial charge in [0, 0.05) is 41.4 Å². The van der Waals surface area contributed by atoms with Crippen LogP contribution in [0.25, 0.3) is 33.3 Å². The lowest BCUT2D eigenvalue weighted by atomic mass is 10.1. The van der Waals surface area contributed by atoms with Crippen molar-refractivity contribution >= 4 is 22.1 Å². The first-order valence-electron chi connectivity index (χ1n) is 10.9. The van der Waals surface area contributed by atoms with E-state index in [4.69, 9.17) is 0 Å². The Kier molecular flexibility index (Phi) is 6.32. The predicted molar refractivity (Wildman–Crippen MR) is 129 cm³/mol. The van der Waals surface area contributed by atoms with Crippen molar-refractivity contribution < 1.29 is 4.39 Å². The van der Waals surface area contributed by atoms with Gasteiger partial charge >= 0.3 is 0 Å². The molecule has 0 aliphatic carbocycles. The largest absolute Gasteiger partial charge is 0.354 e. The predicted octanol–water partition coefficient (Wildman–Crippen LogP) is 6.21. The molecule has 0 saturated carbocycles. The standard InChI is InChI=1S/C24H22FN5.C2H6/c1-15-27-23-20(9-10-26-24(23)28-15)22-12-18-11-17(5-8-21(18)29-22)14-30(2)13-16-3-6-19(25)7-4-16;1-2/h3-12,29H,13-14H2,1-2H3,(H,26,27,28);1-2H3. The van der Waals surface area contributed by atoms with E-state index in [1.54, 1.807) is 6.20 Å². The van der Waals surface area contributed by atoms with Crippen LogP contribution in [0.1, 0.15) is 30.8 Å². The Morgan fingerprint density at radius 3 is 2.41 bits per heavy atom. The van der Waals surface area contributed by atoms with Crippen molar-refractivity contribution in [2.45, 2.75) is 33.9 Å². The molecule has 2 N–H and O–H groups in total. The van der Waals surface area contributed by atoms with Crippen molar-refractivity contribution in [1.29, 1.82) is 0 Å². The van der Waals surface area contributed by atoms with Gasteiger partial charge in [-0.05, 0) is 61.5 Å². The fraction of sp³-hybridized carbons (Fsp3) is 0.231. The highest BCUT2D eigenvalue weighted by Crippen LogP contribution is 2.29. The van der Waals surface area contributed by atoms with Crippen LogP contribution < -0.4 is 0 Å². The summed E-state index contributed by atoms with van der Waals surface area (Å²) in [7, 11) is 2.07. The lowest BCUT2D eigenvalue weighted by Gasteiger charge is -2.17. The number of imidazole rings is 1. The average Bonchev–Trinajstić information content (AvgIpc) is 3.38. The van der Waals surface area contributed by atoms with Gasteiger partial charge in [0.15, 0.2) is 5.65 Å². The number of H-pyrrole nitrogens is 2. The molecule has 5 aromatic rings. The quantitative estimate of drug-likeness (QED) is 0.349. The van der Waals surface area contributed by atoms with Gasteiger partial charge in [-0.2, -0.15) is 0 Å².